The lowest BCUT2D eigenvalue weighted by Gasteiger charge is -2.35. The summed E-state index contributed by atoms with van der Waals surface area (Å²) in [7, 11) is 0.355. The number of carbonyl (C=O) groups excluding carboxylic acids is 1. The highest BCUT2D eigenvalue weighted by Gasteiger charge is 2.39. The molecule has 1 amide bonds. The number of nitrogens with zero attached hydrogens (tertiary/aromatic N) is 2. The molecule has 1 heterocycles. The molecule has 0 spiro atoms. The summed E-state index contributed by atoms with van der Waals surface area (Å²) >= 11 is 0. The lowest BCUT2D eigenvalue weighted by atomic mass is 9.87. The van der Waals surface area contributed by atoms with E-state index < -0.39 is 22.0 Å². The van der Waals surface area contributed by atoms with Crippen LogP contribution in [0.1, 0.15) is 32.6 Å². The van der Waals surface area contributed by atoms with Crippen LogP contribution in [0.15, 0.2) is 0 Å². The van der Waals surface area contributed by atoms with Crippen LogP contribution in [-0.2, 0) is 14.6 Å². The number of likely N-dealkylation sites (N-methyl/N-ethyl adjacent to an activating group) is 2. The van der Waals surface area contributed by atoms with Gasteiger partial charge in [-0.1, -0.05) is 6.92 Å². The lowest BCUT2D eigenvalue weighted by Crippen LogP contribution is -2.48. The van der Waals surface area contributed by atoms with E-state index >= 15 is 0 Å². The van der Waals surface area contributed by atoms with Gasteiger partial charge in [0.05, 0.1) is 30.2 Å². The zero-order valence-corrected chi connectivity index (χ0v) is 14.6. The second kappa shape index (κ2) is 6.84. The topological polar surface area (TPSA) is 77.9 Å². The molecule has 6 nitrogen and oxygen atoms in total. The van der Waals surface area contributed by atoms with Crippen LogP contribution in [0.2, 0.25) is 0 Å². The Morgan fingerprint density at radius 1 is 1.14 bits per heavy atom. The third-order valence-electron chi connectivity index (χ3n) is 5.17. The van der Waals surface area contributed by atoms with Gasteiger partial charge in [-0.25, -0.2) is 8.42 Å². The molecular weight excluding hydrogens is 304 g/mol. The minimum Gasteiger partial charge on any atom is -0.390 e. The number of aliphatic hydroxyl groups excluding tert-OH is 1. The van der Waals surface area contributed by atoms with Crippen molar-refractivity contribution < 1.29 is 18.3 Å². The van der Waals surface area contributed by atoms with Gasteiger partial charge in [0, 0.05) is 13.1 Å². The van der Waals surface area contributed by atoms with Crippen LogP contribution in [0.25, 0.3) is 0 Å². The summed E-state index contributed by atoms with van der Waals surface area (Å²) in [4.78, 5) is 15.9. The lowest BCUT2D eigenvalue weighted by molar-refractivity contribution is -0.134. The van der Waals surface area contributed by atoms with Gasteiger partial charge in [-0.3, -0.25) is 9.69 Å². The quantitative estimate of drug-likeness (QED) is 0.791. The van der Waals surface area contributed by atoms with Gasteiger partial charge in [-0.15, -0.1) is 0 Å². The third kappa shape index (κ3) is 4.20. The van der Waals surface area contributed by atoms with Crippen LogP contribution in [0, 0.1) is 5.92 Å². The zero-order chi connectivity index (χ0) is 16.5. The van der Waals surface area contributed by atoms with E-state index in [-0.39, 0.29) is 30.0 Å². The van der Waals surface area contributed by atoms with Crippen molar-refractivity contribution in [2.24, 2.45) is 5.92 Å². The predicted octanol–water partition coefficient (Wildman–Crippen LogP) is 0.113. The summed E-state index contributed by atoms with van der Waals surface area (Å²) in [6.45, 7) is 2.40. The standard InChI is InChI=1S/C15H28N2O4S/c1-11-4-6-12(7-5-11)17(3)15(19)8-16(2)13-9-22(20,21)10-14(13)18/h11-14,18H,4-10H2,1-3H3/t11?,12?,13-,14-/m1/s1. The number of amides is 1. The Labute approximate surface area is 133 Å². The molecule has 2 atom stereocenters. The van der Waals surface area contributed by atoms with E-state index in [9.17, 15) is 18.3 Å². The summed E-state index contributed by atoms with van der Waals surface area (Å²) in [6, 6.07) is -0.192. The normalized spacial score (nSPS) is 34.8. The van der Waals surface area contributed by atoms with Crippen LogP contribution in [0.3, 0.4) is 0 Å². The van der Waals surface area contributed by atoms with E-state index in [1.807, 2.05) is 7.05 Å². The fourth-order valence-corrected chi connectivity index (χ4v) is 5.38. The highest BCUT2D eigenvalue weighted by molar-refractivity contribution is 7.91. The van der Waals surface area contributed by atoms with Gasteiger partial charge in [-0.2, -0.15) is 0 Å². The molecule has 1 saturated carbocycles. The molecule has 0 bridgehead atoms. The molecule has 0 radical (unpaired) electrons. The molecule has 2 rings (SSSR count). The molecule has 0 aromatic heterocycles. The number of aliphatic hydroxyl groups is 1. The number of hydrogen-bond acceptors (Lipinski definition) is 5. The van der Waals surface area contributed by atoms with Crippen LogP contribution in [0.4, 0.5) is 0 Å². The number of hydrogen-bond donors (Lipinski definition) is 1. The monoisotopic (exact) mass is 332 g/mol. The first-order valence-electron chi connectivity index (χ1n) is 8.04. The first kappa shape index (κ1) is 17.7. The second-order valence-corrected chi connectivity index (χ2v) is 9.20. The highest BCUT2D eigenvalue weighted by atomic mass is 32.2. The van der Waals surface area contributed by atoms with E-state index in [1.165, 1.54) is 0 Å². The highest BCUT2D eigenvalue weighted by Crippen LogP contribution is 2.26. The van der Waals surface area contributed by atoms with Crippen molar-refractivity contribution in [1.82, 2.24) is 9.80 Å². The molecule has 2 aliphatic rings. The Bertz CT molecular complexity index is 500. The van der Waals surface area contributed by atoms with Gasteiger partial charge in [0.15, 0.2) is 9.84 Å². The van der Waals surface area contributed by atoms with Crippen molar-refractivity contribution >= 4 is 15.7 Å². The van der Waals surface area contributed by atoms with E-state index in [2.05, 4.69) is 6.92 Å². The number of sulfone groups is 1. The summed E-state index contributed by atoms with van der Waals surface area (Å²) in [5.74, 6) is 0.467. The average Bonchev–Trinajstić information content (AvgIpc) is 2.72. The Hall–Kier alpha value is -0.660. The first-order valence-corrected chi connectivity index (χ1v) is 9.86. The fraction of sp³-hybridized carbons (Fsp3) is 0.933. The van der Waals surface area contributed by atoms with Crippen LogP contribution >= 0.6 is 0 Å². The largest absolute Gasteiger partial charge is 0.390 e. The van der Waals surface area contributed by atoms with Gasteiger partial charge in [-0.05, 0) is 38.6 Å². The maximum atomic E-state index is 12.4. The first-order chi connectivity index (χ1) is 10.2. The maximum Gasteiger partial charge on any atom is 0.236 e. The van der Waals surface area contributed by atoms with E-state index in [0.717, 1.165) is 31.6 Å². The van der Waals surface area contributed by atoms with Gasteiger partial charge in [0.1, 0.15) is 0 Å². The van der Waals surface area contributed by atoms with E-state index in [1.54, 1.807) is 16.8 Å². The van der Waals surface area contributed by atoms with Gasteiger partial charge < -0.3 is 10.0 Å². The van der Waals surface area contributed by atoms with Gasteiger partial charge >= 0.3 is 0 Å². The molecule has 1 aliphatic carbocycles. The zero-order valence-electron chi connectivity index (χ0n) is 13.7. The van der Waals surface area contributed by atoms with Crippen molar-refractivity contribution in [3.05, 3.63) is 0 Å². The van der Waals surface area contributed by atoms with Crippen molar-refractivity contribution in [3.63, 3.8) is 0 Å². The summed E-state index contributed by atoms with van der Waals surface area (Å²) in [5.41, 5.74) is 0. The molecule has 1 saturated heterocycles. The maximum absolute atomic E-state index is 12.4. The van der Waals surface area contributed by atoms with Gasteiger partial charge in [0.2, 0.25) is 5.91 Å². The Morgan fingerprint density at radius 3 is 2.23 bits per heavy atom. The number of carbonyl (C=O) groups is 1. The molecule has 1 N–H and O–H groups in total. The Balaban J connectivity index is 1.88. The molecule has 1 aliphatic heterocycles. The molecule has 0 unspecified atom stereocenters. The molecule has 0 aromatic carbocycles. The smallest absolute Gasteiger partial charge is 0.236 e. The third-order valence-corrected chi connectivity index (χ3v) is 6.87. The molecule has 22 heavy (non-hydrogen) atoms. The second-order valence-electron chi connectivity index (χ2n) is 7.05. The fourth-order valence-electron chi connectivity index (χ4n) is 3.51. The number of rotatable bonds is 4. The van der Waals surface area contributed by atoms with Crippen LogP contribution in [0.5, 0.6) is 0 Å². The predicted molar refractivity (Wildman–Crippen MR) is 85.3 cm³/mol. The van der Waals surface area contributed by atoms with Crippen LogP contribution in [-0.4, -0.2) is 79.6 Å². The molecule has 0 aromatic rings. The average molecular weight is 332 g/mol. The Morgan fingerprint density at radius 2 is 1.73 bits per heavy atom. The van der Waals surface area contributed by atoms with E-state index in [0.29, 0.717) is 0 Å². The SMILES string of the molecule is CC1CCC(N(C)C(=O)CN(C)[C@@H]2CS(=O)(=O)C[C@H]2O)CC1. The van der Waals surface area contributed by atoms with Crippen molar-refractivity contribution in [3.8, 4) is 0 Å². The van der Waals surface area contributed by atoms with Crippen molar-refractivity contribution in [2.75, 3.05) is 32.1 Å². The summed E-state index contributed by atoms with van der Waals surface area (Å²) < 4.78 is 23.1. The summed E-state index contributed by atoms with van der Waals surface area (Å²) in [6.07, 6.45) is 3.47. The molecular formula is C15H28N2O4S. The minimum atomic E-state index is -3.19. The van der Waals surface area contributed by atoms with Crippen molar-refractivity contribution in [2.45, 2.75) is 50.8 Å². The van der Waals surface area contributed by atoms with Crippen molar-refractivity contribution in [1.29, 1.82) is 0 Å². The summed E-state index contributed by atoms with van der Waals surface area (Å²) in [5, 5.41) is 9.88. The minimum absolute atomic E-state index is 0.00134. The molecule has 128 valence electrons. The van der Waals surface area contributed by atoms with E-state index in [4.69, 9.17) is 0 Å². The molecule has 7 heteroatoms. The van der Waals surface area contributed by atoms with Crippen LogP contribution < -0.4 is 0 Å². The van der Waals surface area contributed by atoms with Gasteiger partial charge in [0.25, 0.3) is 0 Å². The Kier molecular flexibility index (Phi) is 5.50. The molecule has 2 fully saturated rings.